The Morgan fingerprint density at radius 3 is 2.95 bits per heavy atom. The Hall–Kier alpha value is -1.40. The molecule has 0 spiro atoms. The second-order valence-corrected chi connectivity index (χ2v) is 5.86. The van der Waals surface area contributed by atoms with Gasteiger partial charge in [-0.25, -0.2) is 4.79 Å². The molecule has 0 bridgehead atoms. The Balaban J connectivity index is 1.81. The highest BCUT2D eigenvalue weighted by molar-refractivity contribution is 7.10. The molecule has 20 heavy (non-hydrogen) atoms. The number of carbonyl (C=O) groups is 2. The van der Waals surface area contributed by atoms with E-state index in [0.717, 1.165) is 25.9 Å². The molecule has 110 valence electrons. The lowest BCUT2D eigenvalue weighted by Crippen LogP contribution is -2.34. The van der Waals surface area contributed by atoms with Gasteiger partial charge in [0.2, 0.25) is 5.91 Å². The minimum absolute atomic E-state index is 0.138. The van der Waals surface area contributed by atoms with Gasteiger partial charge in [0.05, 0.1) is 6.10 Å². The molecule has 2 unspecified atom stereocenters. The van der Waals surface area contributed by atoms with Crippen molar-refractivity contribution < 1.29 is 19.4 Å². The van der Waals surface area contributed by atoms with Crippen molar-refractivity contribution in [3.8, 4) is 0 Å². The van der Waals surface area contributed by atoms with E-state index in [4.69, 9.17) is 4.74 Å². The van der Waals surface area contributed by atoms with Crippen LogP contribution >= 0.6 is 11.3 Å². The third-order valence-electron chi connectivity index (χ3n) is 3.35. The highest BCUT2D eigenvalue weighted by atomic mass is 32.1. The largest absolute Gasteiger partial charge is 0.479 e. The van der Waals surface area contributed by atoms with Gasteiger partial charge in [0.25, 0.3) is 0 Å². The van der Waals surface area contributed by atoms with Crippen molar-refractivity contribution in [2.75, 3.05) is 6.61 Å². The molecule has 2 rings (SSSR count). The monoisotopic (exact) mass is 297 g/mol. The lowest BCUT2D eigenvalue weighted by atomic mass is 10.0. The average molecular weight is 297 g/mol. The third-order valence-corrected chi connectivity index (χ3v) is 4.28. The van der Waals surface area contributed by atoms with Crippen LogP contribution in [0.25, 0.3) is 0 Å². The number of hydrogen-bond donors (Lipinski definition) is 2. The van der Waals surface area contributed by atoms with Crippen LogP contribution in [0.3, 0.4) is 0 Å². The number of carboxylic acid groups (broad SMARTS) is 1. The van der Waals surface area contributed by atoms with E-state index in [1.54, 1.807) is 17.5 Å². The molecule has 1 aliphatic heterocycles. The van der Waals surface area contributed by atoms with E-state index in [2.05, 4.69) is 5.32 Å². The van der Waals surface area contributed by atoms with E-state index in [9.17, 15) is 14.7 Å². The zero-order valence-corrected chi connectivity index (χ0v) is 12.0. The van der Waals surface area contributed by atoms with Gasteiger partial charge in [-0.3, -0.25) is 4.79 Å². The number of rotatable bonds is 6. The van der Waals surface area contributed by atoms with Gasteiger partial charge < -0.3 is 15.2 Å². The maximum atomic E-state index is 11.9. The van der Waals surface area contributed by atoms with E-state index < -0.39 is 12.0 Å². The standard InChI is InChI=1S/C14H19NO4S/c16-12(7-6-10-4-1-2-8-19-10)15-13(14(17)18)11-5-3-9-20-11/h3,5,9-10,13H,1-2,4,6-8H2,(H,15,16)(H,17,18). The van der Waals surface area contributed by atoms with E-state index in [-0.39, 0.29) is 12.0 Å². The second-order valence-electron chi connectivity index (χ2n) is 4.88. The lowest BCUT2D eigenvalue weighted by Gasteiger charge is -2.22. The van der Waals surface area contributed by atoms with E-state index in [0.29, 0.717) is 17.7 Å². The molecule has 6 heteroatoms. The first-order valence-electron chi connectivity index (χ1n) is 6.84. The molecule has 5 nitrogen and oxygen atoms in total. The number of hydrogen-bond acceptors (Lipinski definition) is 4. The highest BCUT2D eigenvalue weighted by Gasteiger charge is 2.23. The molecule has 2 heterocycles. The fraction of sp³-hybridized carbons (Fsp3) is 0.571. The SMILES string of the molecule is O=C(CCC1CCCCO1)NC(C(=O)O)c1cccs1. The van der Waals surface area contributed by atoms with Crippen LogP contribution in [-0.2, 0) is 14.3 Å². The fourth-order valence-electron chi connectivity index (χ4n) is 2.27. The molecule has 2 N–H and O–H groups in total. The Bertz CT molecular complexity index is 440. The Morgan fingerprint density at radius 2 is 2.35 bits per heavy atom. The molecular weight excluding hydrogens is 278 g/mol. The van der Waals surface area contributed by atoms with Crippen molar-refractivity contribution in [1.82, 2.24) is 5.32 Å². The van der Waals surface area contributed by atoms with Crippen LogP contribution in [0.15, 0.2) is 17.5 Å². The first-order valence-corrected chi connectivity index (χ1v) is 7.72. The van der Waals surface area contributed by atoms with Gasteiger partial charge in [0.1, 0.15) is 0 Å². The van der Waals surface area contributed by atoms with Gasteiger partial charge in [-0.2, -0.15) is 0 Å². The van der Waals surface area contributed by atoms with Crippen LogP contribution in [0.4, 0.5) is 0 Å². The first-order chi connectivity index (χ1) is 9.66. The van der Waals surface area contributed by atoms with E-state index in [1.165, 1.54) is 11.3 Å². The van der Waals surface area contributed by atoms with Gasteiger partial charge in [0.15, 0.2) is 6.04 Å². The number of thiophene rings is 1. The van der Waals surface area contributed by atoms with Crippen LogP contribution in [0.1, 0.15) is 43.0 Å². The van der Waals surface area contributed by atoms with Crippen molar-refractivity contribution in [2.45, 2.75) is 44.2 Å². The lowest BCUT2D eigenvalue weighted by molar-refractivity contribution is -0.142. The summed E-state index contributed by atoms with van der Waals surface area (Å²) in [7, 11) is 0. The Labute approximate surface area is 121 Å². The van der Waals surface area contributed by atoms with Crippen molar-refractivity contribution in [3.63, 3.8) is 0 Å². The third kappa shape index (κ3) is 4.31. The highest BCUT2D eigenvalue weighted by Crippen LogP contribution is 2.20. The fourth-order valence-corrected chi connectivity index (χ4v) is 3.04. The molecule has 1 aromatic heterocycles. The minimum atomic E-state index is -1.03. The van der Waals surface area contributed by atoms with Crippen molar-refractivity contribution >= 4 is 23.2 Å². The summed E-state index contributed by atoms with van der Waals surface area (Å²) in [5.41, 5.74) is 0. The minimum Gasteiger partial charge on any atom is -0.479 e. The summed E-state index contributed by atoms with van der Waals surface area (Å²) in [5, 5.41) is 13.6. The number of ether oxygens (including phenoxy) is 1. The van der Waals surface area contributed by atoms with Gasteiger partial charge in [0, 0.05) is 17.9 Å². The number of amides is 1. The number of nitrogens with one attached hydrogen (secondary N) is 1. The van der Waals surface area contributed by atoms with Crippen molar-refractivity contribution in [3.05, 3.63) is 22.4 Å². The smallest absolute Gasteiger partial charge is 0.331 e. The molecule has 1 aromatic rings. The molecular formula is C14H19NO4S. The second kappa shape index (κ2) is 7.40. The molecule has 0 saturated carbocycles. The summed E-state index contributed by atoms with van der Waals surface area (Å²) >= 11 is 1.33. The Morgan fingerprint density at radius 1 is 1.50 bits per heavy atom. The van der Waals surface area contributed by atoms with Gasteiger partial charge in [-0.15, -0.1) is 11.3 Å². The van der Waals surface area contributed by atoms with Gasteiger partial charge in [-0.05, 0) is 37.1 Å². The summed E-state index contributed by atoms with van der Waals surface area (Å²) in [6.07, 6.45) is 4.31. The summed E-state index contributed by atoms with van der Waals surface area (Å²) in [4.78, 5) is 23.7. The van der Waals surface area contributed by atoms with Crippen LogP contribution < -0.4 is 5.32 Å². The van der Waals surface area contributed by atoms with E-state index >= 15 is 0 Å². The predicted octanol–water partition coefficient (Wildman–Crippen LogP) is 2.34. The first kappa shape index (κ1) is 15.0. The Kier molecular flexibility index (Phi) is 5.55. The maximum absolute atomic E-state index is 11.9. The summed E-state index contributed by atoms with van der Waals surface area (Å²) in [6, 6.07) is 2.54. The average Bonchev–Trinajstić information content (AvgIpc) is 2.97. The molecule has 2 atom stereocenters. The van der Waals surface area contributed by atoms with Crippen LogP contribution in [0.2, 0.25) is 0 Å². The summed E-state index contributed by atoms with van der Waals surface area (Å²) in [6.45, 7) is 0.763. The predicted molar refractivity (Wildman–Crippen MR) is 75.7 cm³/mol. The zero-order valence-electron chi connectivity index (χ0n) is 11.2. The van der Waals surface area contributed by atoms with Crippen molar-refractivity contribution in [1.29, 1.82) is 0 Å². The maximum Gasteiger partial charge on any atom is 0.331 e. The molecule has 0 aliphatic carbocycles. The summed E-state index contributed by atoms with van der Waals surface area (Å²) in [5.74, 6) is -1.27. The van der Waals surface area contributed by atoms with E-state index in [1.807, 2.05) is 0 Å². The van der Waals surface area contributed by atoms with Crippen LogP contribution in [0, 0.1) is 0 Å². The molecule has 0 aromatic carbocycles. The molecule has 1 amide bonds. The number of carboxylic acids is 1. The zero-order chi connectivity index (χ0) is 14.4. The molecule has 1 aliphatic rings. The molecule has 1 fully saturated rings. The van der Waals surface area contributed by atoms with Crippen LogP contribution in [0.5, 0.6) is 0 Å². The number of aliphatic carboxylic acids is 1. The topological polar surface area (TPSA) is 75.6 Å². The summed E-state index contributed by atoms with van der Waals surface area (Å²) < 4.78 is 5.56. The van der Waals surface area contributed by atoms with Crippen LogP contribution in [-0.4, -0.2) is 29.7 Å². The molecule has 1 saturated heterocycles. The normalized spacial score (nSPS) is 20.3. The number of carbonyl (C=O) groups excluding carboxylic acids is 1. The van der Waals surface area contributed by atoms with Gasteiger partial charge in [-0.1, -0.05) is 6.07 Å². The van der Waals surface area contributed by atoms with Crippen molar-refractivity contribution in [2.24, 2.45) is 0 Å². The quantitative estimate of drug-likeness (QED) is 0.845. The van der Waals surface area contributed by atoms with Gasteiger partial charge >= 0.3 is 5.97 Å². The molecule has 0 radical (unpaired) electrons.